The summed E-state index contributed by atoms with van der Waals surface area (Å²) in [5.41, 5.74) is 6.64. The minimum Gasteiger partial charge on any atom is -0.399 e. The van der Waals surface area contributed by atoms with Gasteiger partial charge in [-0.15, -0.1) is 0 Å². The van der Waals surface area contributed by atoms with E-state index in [1.54, 1.807) is 0 Å². The normalized spacial score (nSPS) is 14.3. The monoisotopic (exact) mass is 310 g/mol. The van der Waals surface area contributed by atoms with E-state index < -0.39 is 26.6 Å². The minimum atomic E-state index is -4.11. The first kappa shape index (κ1) is 13.8. The van der Waals surface area contributed by atoms with Crippen LogP contribution < -0.4 is 10.0 Å². The maximum absolute atomic E-state index is 13.8. The van der Waals surface area contributed by atoms with Crippen LogP contribution in [-0.4, -0.2) is 15.0 Å². The van der Waals surface area contributed by atoms with Crippen molar-refractivity contribution < 1.29 is 17.2 Å². The van der Waals surface area contributed by atoms with Gasteiger partial charge >= 0.3 is 0 Å². The van der Waals surface area contributed by atoms with Crippen LogP contribution in [0.5, 0.6) is 0 Å². The molecule has 0 fully saturated rings. The predicted molar refractivity (Wildman–Crippen MR) is 75.4 cm³/mol. The summed E-state index contributed by atoms with van der Waals surface area (Å²) < 4.78 is 53.4. The van der Waals surface area contributed by atoms with Crippen LogP contribution >= 0.6 is 0 Å². The van der Waals surface area contributed by atoms with Gasteiger partial charge in [0.25, 0.3) is 10.0 Å². The van der Waals surface area contributed by atoms with E-state index >= 15 is 0 Å². The summed E-state index contributed by atoms with van der Waals surface area (Å²) in [5.74, 6) is -1.42. The van der Waals surface area contributed by atoms with Gasteiger partial charge in [-0.2, -0.15) is 0 Å². The van der Waals surface area contributed by atoms with Gasteiger partial charge in [0, 0.05) is 12.2 Å². The molecule has 0 atom stereocenters. The Kier molecular flexibility index (Phi) is 3.09. The van der Waals surface area contributed by atoms with Gasteiger partial charge in [-0.1, -0.05) is 6.07 Å². The number of rotatable bonds is 2. The molecule has 3 rings (SSSR count). The van der Waals surface area contributed by atoms with Crippen LogP contribution in [0, 0.1) is 11.6 Å². The fraction of sp³-hybridized carbons (Fsp3) is 0.143. The second-order valence-electron chi connectivity index (χ2n) is 4.79. The predicted octanol–water partition coefficient (Wildman–Crippen LogP) is 2.30. The van der Waals surface area contributed by atoms with Gasteiger partial charge < -0.3 is 5.73 Å². The number of fused-ring (bicyclic) bond motifs is 1. The first-order chi connectivity index (χ1) is 9.89. The Morgan fingerprint density at radius 1 is 1.10 bits per heavy atom. The average molecular weight is 310 g/mol. The lowest BCUT2D eigenvalue weighted by molar-refractivity contribution is 0.564. The molecule has 4 nitrogen and oxygen atoms in total. The zero-order valence-corrected chi connectivity index (χ0v) is 11.7. The van der Waals surface area contributed by atoms with Crippen LogP contribution in [0.15, 0.2) is 41.3 Å². The molecule has 1 aliphatic heterocycles. The molecular weight excluding hydrogens is 298 g/mol. The lowest BCUT2D eigenvalue weighted by Crippen LogP contribution is -2.30. The number of halogens is 2. The van der Waals surface area contributed by atoms with Crippen molar-refractivity contribution in [3.63, 3.8) is 0 Å². The molecule has 0 saturated carbocycles. The van der Waals surface area contributed by atoms with Crippen molar-refractivity contribution in [3.05, 3.63) is 53.6 Å². The highest BCUT2D eigenvalue weighted by Gasteiger charge is 2.33. The first-order valence-corrected chi connectivity index (χ1v) is 7.70. The summed E-state index contributed by atoms with van der Waals surface area (Å²) in [4.78, 5) is -0.500. The average Bonchev–Trinajstić information content (AvgIpc) is 2.85. The number of nitrogens with zero attached hydrogens (tertiary/aromatic N) is 1. The molecule has 1 aliphatic rings. The molecule has 0 amide bonds. The SMILES string of the molecule is Nc1ccc(F)c(S(=O)(=O)N2CCc3ccc(F)cc32)c1. The van der Waals surface area contributed by atoms with Crippen molar-refractivity contribution in [2.75, 3.05) is 16.6 Å². The number of hydrogen-bond acceptors (Lipinski definition) is 3. The number of nitrogens with two attached hydrogens (primary N) is 1. The summed E-state index contributed by atoms with van der Waals surface area (Å²) in [5, 5.41) is 0. The molecule has 110 valence electrons. The fourth-order valence-corrected chi connectivity index (χ4v) is 4.01. The molecule has 2 aromatic rings. The van der Waals surface area contributed by atoms with E-state index in [4.69, 9.17) is 5.73 Å². The van der Waals surface area contributed by atoms with Crippen molar-refractivity contribution >= 4 is 21.4 Å². The number of hydrogen-bond donors (Lipinski definition) is 1. The topological polar surface area (TPSA) is 63.4 Å². The molecule has 0 radical (unpaired) electrons. The third kappa shape index (κ3) is 2.23. The summed E-state index contributed by atoms with van der Waals surface area (Å²) in [6.07, 6.45) is 0.457. The maximum Gasteiger partial charge on any atom is 0.267 e. The van der Waals surface area contributed by atoms with E-state index in [2.05, 4.69) is 0 Å². The standard InChI is InChI=1S/C14H12F2N2O2S/c15-10-2-1-9-5-6-18(13(9)7-10)21(19,20)14-8-11(17)3-4-12(14)16/h1-4,7-8H,5-6,17H2. The number of sulfonamides is 1. The van der Waals surface area contributed by atoms with Gasteiger partial charge in [0.2, 0.25) is 0 Å². The quantitative estimate of drug-likeness (QED) is 0.866. The van der Waals surface area contributed by atoms with Gasteiger partial charge in [0.05, 0.1) is 5.69 Å². The second kappa shape index (κ2) is 4.70. The molecule has 0 unspecified atom stereocenters. The van der Waals surface area contributed by atoms with Crippen LogP contribution in [0.25, 0.3) is 0 Å². The third-order valence-corrected chi connectivity index (χ3v) is 5.25. The van der Waals surface area contributed by atoms with Crippen molar-refractivity contribution in [2.24, 2.45) is 0 Å². The van der Waals surface area contributed by atoms with Gasteiger partial charge in [0.1, 0.15) is 16.5 Å². The van der Waals surface area contributed by atoms with E-state index in [9.17, 15) is 17.2 Å². The first-order valence-electron chi connectivity index (χ1n) is 6.26. The van der Waals surface area contributed by atoms with Crippen molar-refractivity contribution in [1.82, 2.24) is 0 Å². The largest absolute Gasteiger partial charge is 0.399 e. The van der Waals surface area contributed by atoms with E-state index in [1.807, 2.05) is 0 Å². The van der Waals surface area contributed by atoms with Crippen molar-refractivity contribution in [1.29, 1.82) is 0 Å². The minimum absolute atomic E-state index is 0.147. The van der Waals surface area contributed by atoms with Crippen LogP contribution in [-0.2, 0) is 16.4 Å². The van der Waals surface area contributed by atoms with Crippen LogP contribution in [0.2, 0.25) is 0 Å². The molecule has 0 saturated heterocycles. The smallest absolute Gasteiger partial charge is 0.267 e. The number of benzene rings is 2. The van der Waals surface area contributed by atoms with Crippen LogP contribution in [0.3, 0.4) is 0 Å². The molecule has 0 aromatic heterocycles. The molecule has 2 N–H and O–H groups in total. The summed E-state index contributed by atoms with van der Waals surface area (Å²) in [7, 11) is -4.11. The van der Waals surface area contributed by atoms with Gasteiger partial charge in [-0.25, -0.2) is 17.2 Å². The Hall–Kier alpha value is -2.15. The molecule has 0 bridgehead atoms. The van der Waals surface area contributed by atoms with Crippen LogP contribution in [0.1, 0.15) is 5.56 Å². The van der Waals surface area contributed by atoms with Gasteiger partial charge in [-0.3, -0.25) is 4.31 Å². The molecule has 0 aliphatic carbocycles. The Bertz CT molecular complexity index is 822. The summed E-state index contributed by atoms with van der Waals surface area (Å²) in [6.45, 7) is 0.148. The zero-order valence-electron chi connectivity index (χ0n) is 10.9. The van der Waals surface area contributed by atoms with Crippen molar-refractivity contribution in [3.8, 4) is 0 Å². The highest BCUT2D eigenvalue weighted by Crippen LogP contribution is 2.34. The highest BCUT2D eigenvalue weighted by atomic mass is 32.2. The Morgan fingerprint density at radius 2 is 1.86 bits per heavy atom. The van der Waals surface area contributed by atoms with Crippen molar-refractivity contribution in [2.45, 2.75) is 11.3 Å². The van der Waals surface area contributed by atoms with Crippen LogP contribution in [0.4, 0.5) is 20.2 Å². The Morgan fingerprint density at radius 3 is 2.62 bits per heavy atom. The maximum atomic E-state index is 13.8. The Balaban J connectivity index is 2.13. The highest BCUT2D eigenvalue weighted by molar-refractivity contribution is 7.92. The lowest BCUT2D eigenvalue weighted by atomic mass is 10.2. The molecule has 0 spiro atoms. The van der Waals surface area contributed by atoms with E-state index in [1.165, 1.54) is 18.2 Å². The molecule has 1 heterocycles. The van der Waals surface area contributed by atoms with Gasteiger partial charge in [0.15, 0.2) is 0 Å². The molecular formula is C14H12F2N2O2S. The molecule has 2 aromatic carbocycles. The summed E-state index contributed by atoms with van der Waals surface area (Å²) >= 11 is 0. The third-order valence-electron chi connectivity index (χ3n) is 3.42. The second-order valence-corrected chi connectivity index (χ2v) is 6.62. The fourth-order valence-electron chi connectivity index (χ4n) is 2.41. The zero-order chi connectivity index (χ0) is 15.2. The molecule has 7 heteroatoms. The summed E-state index contributed by atoms with van der Waals surface area (Å²) in [6, 6.07) is 7.31. The van der Waals surface area contributed by atoms with E-state index in [0.29, 0.717) is 12.0 Å². The van der Waals surface area contributed by atoms with Gasteiger partial charge in [-0.05, 0) is 42.3 Å². The van der Waals surface area contributed by atoms with E-state index in [-0.39, 0.29) is 17.9 Å². The number of anilines is 2. The van der Waals surface area contributed by atoms with E-state index in [0.717, 1.165) is 22.5 Å². The molecule has 21 heavy (non-hydrogen) atoms. The lowest BCUT2D eigenvalue weighted by Gasteiger charge is -2.20. The number of nitrogen functional groups attached to an aromatic ring is 1. The Labute approximate surface area is 120 Å².